The van der Waals surface area contributed by atoms with Crippen LogP contribution in [0.3, 0.4) is 0 Å². The maximum Gasteiger partial charge on any atom is 0.387 e. The smallest absolute Gasteiger partial charge is 0.387 e. The van der Waals surface area contributed by atoms with Crippen LogP contribution in [-0.2, 0) is 20.9 Å². The first-order chi connectivity index (χ1) is 11.6. The molecule has 0 heterocycles. The number of carbonyl (C=O) groups excluding carboxylic acids is 1. The summed E-state index contributed by atoms with van der Waals surface area (Å²) in [7, 11) is 0. The summed E-state index contributed by atoms with van der Waals surface area (Å²) in [5, 5.41) is 0. The van der Waals surface area contributed by atoms with Gasteiger partial charge >= 0.3 is 12.6 Å². The summed E-state index contributed by atoms with van der Waals surface area (Å²) in [4.78, 5) is 11.9. The number of rotatable bonds is 8. The number of hydrogen-bond donors (Lipinski definition) is 1. The summed E-state index contributed by atoms with van der Waals surface area (Å²) in [5.41, 5.74) is 0.286. The number of carbonyl (C=O) groups is 1. The second-order valence-corrected chi connectivity index (χ2v) is 8.94. The molecule has 1 rings (SSSR count). The van der Waals surface area contributed by atoms with Gasteiger partial charge in [0.25, 0.3) is 0 Å². The monoisotopic (exact) mass is 441 g/mol. The molecule has 1 N–H and O–H groups in total. The van der Waals surface area contributed by atoms with Crippen molar-refractivity contribution in [2.75, 3.05) is 6.61 Å². The van der Waals surface area contributed by atoms with Gasteiger partial charge in [-0.1, -0.05) is 22.0 Å². The molecule has 0 amide bonds. The van der Waals surface area contributed by atoms with Gasteiger partial charge in [-0.25, -0.2) is 0 Å². The summed E-state index contributed by atoms with van der Waals surface area (Å²) in [6.07, 6.45) is -0.183. The van der Waals surface area contributed by atoms with E-state index in [4.69, 9.17) is 4.74 Å². The zero-order valence-corrected chi connectivity index (χ0v) is 16.9. The van der Waals surface area contributed by atoms with Crippen molar-refractivity contribution in [3.63, 3.8) is 0 Å². The van der Waals surface area contributed by atoms with Crippen LogP contribution in [0.5, 0.6) is 5.75 Å². The van der Waals surface area contributed by atoms with Crippen LogP contribution in [0.2, 0.25) is 0 Å². The predicted octanol–water partition coefficient (Wildman–Crippen LogP) is 4.10. The SMILES string of the molecule is CCOC(=O)C[C@H](N[S+]([O-])C(C)(C)C)c1c(Br)cccc1OC(F)F. The van der Waals surface area contributed by atoms with Gasteiger partial charge in [0.15, 0.2) is 0 Å². The van der Waals surface area contributed by atoms with Gasteiger partial charge in [0.05, 0.1) is 19.1 Å². The van der Waals surface area contributed by atoms with Crippen molar-refractivity contribution in [3.05, 3.63) is 28.2 Å². The highest BCUT2D eigenvalue weighted by Gasteiger charge is 2.33. The highest BCUT2D eigenvalue weighted by atomic mass is 79.9. The molecule has 0 spiro atoms. The molecule has 5 nitrogen and oxygen atoms in total. The van der Waals surface area contributed by atoms with E-state index in [2.05, 4.69) is 25.4 Å². The largest absolute Gasteiger partial charge is 0.598 e. The van der Waals surface area contributed by atoms with Gasteiger partial charge in [-0.2, -0.15) is 8.78 Å². The zero-order chi connectivity index (χ0) is 19.2. The van der Waals surface area contributed by atoms with Crippen molar-refractivity contribution < 1.29 is 27.6 Å². The molecule has 142 valence electrons. The molecule has 9 heteroatoms. The Hall–Kier alpha value is -0.900. The lowest BCUT2D eigenvalue weighted by molar-refractivity contribution is -0.143. The molecule has 0 bridgehead atoms. The summed E-state index contributed by atoms with van der Waals surface area (Å²) < 4.78 is 50.1. The lowest BCUT2D eigenvalue weighted by Gasteiger charge is -2.29. The maximum atomic E-state index is 12.7. The van der Waals surface area contributed by atoms with Crippen molar-refractivity contribution in [2.24, 2.45) is 0 Å². The summed E-state index contributed by atoms with van der Waals surface area (Å²) in [5.74, 6) is -0.637. The van der Waals surface area contributed by atoms with Gasteiger partial charge < -0.3 is 14.0 Å². The number of hydrogen-bond acceptors (Lipinski definition) is 5. The van der Waals surface area contributed by atoms with Gasteiger partial charge in [-0.05, 0) is 39.8 Å². The van der Waals surface area contributed by atoms with Crippen LogP contribution in [0.1, 0.15) is 45.7 Å². The average molecular weight is 442 g/mol. The van der Waals surface area contributed by atoms with Crippen LogP contribution in [0.4, 0.5) is 8.78 Å². The van der Waals surface area contributed by atoms with Crippen LogP contribution in [0, 0.1) is 0 Å². The van der Waals surface area contributed by atoms with E-state index in [1.54, 1.807) is 33.8 Å². The lowest BCUT2D eigenvalue weighted by Crippen LogP contribution is -2.42. The molecule has 0 aliphatic rings. The molecule has 0 aliphatic carbocycles. The highest BCUT2D eigenvalue weighted by Crippen LogP contribution is 2.36. The van der Waals surface area contributed by atoms with Crippen molar-refractivity contribution in [1.29, 1.82) is 0 Å². The molecule has 0 aliphatic heterocycles. The molecule has 1 aromatic rings. The third-order valence-corrected chi connectivity index (χ3v) is 5.36. The number of ether oxygens (including phenoxy) is 2. The highest BCUT2D eigenvalue weighted by molar-refractivity contribution is 9.10. The van der Waals surface area contributed by atoms with Crippen LogP contribution >= 0.6 is 15.9 Å². The fourth-order valence-electron chi connectivity index (χ4n) is 1.95. The molecule has 25 heavy (non-hydrogen) atoms. The lowest BCUT2D eigenvalue weighted by atomic mass is 10.0. The quantitative estimate of drug-likeness (QED) is 0.485. The Balaban J connectivity index is 3.24. The van der Waals surface area contributed by atoms with E-state index in [0.29, 0.717) is 4.47 Å². The molecule has 0 saturated carbocycles. The zero-order valence-electron chi connectivity index (χ0n) is 14.5. The second kappa shape index (κ2) is 9.70. The second-order valence-electron chi connectivity index (χ2n) is 6.09. The first kappa shape index (κ1) is 22.1. The molecule has 0 fully saturated rings. The first-order valence-corrected chi connectivity index (χ1v) is 9.57. The molecule has 1 aromatic carbocycles. The van der Waals surface area contributed by atoms with Gasteiger partial charge in [0.1, 0.15) is 10.5 Å². The number of nitrogens with one attached hydrogen (secondary N) is 1. The topological polar surface area (TPSA) is 70.6 Å². The standard InChI is InChI=1S/C16H22BrF2NO4S/c1-5-23-13(21)9-11(20-25(22)16(2,3)4)14-10(17)7-6-8-12(14)24-15(18)19/h6-8,11,15,20H,5,9H2,1-4H3/t11-,25?/m0/s1. The fraction of sp³-hybridized carbons (Fsp3) is 0.562. The Kier molecular flexibility index (Phi) is 8.59. The maximum absolute atomic E-state index is 12.7. The third kappa shape index (κ3) is 7.08. The minimum Gasteiger partial charge on any atom is -0.598 e. The van der Waals surface area contributed by atoms with E-state index in [0.717, 1.165) is 0 Å². The van der Waals surface area contributed by atoms with E-state index in [1.165, 1.54) is 12.1 Å². The number of alkyl halides is 2. The van der Waals surface area contributed by atoms with Gasteiger partial charge in [-0.3, -0.25) is 4.79 Å². The Morgan fingerprint density at radius 1 is 1.40 bits per heavy atom. The normalized spacial score (nSPS) is 14.3. The van der Waals surface area contributed by atoms with E-state index in [1.807, 2.05) is 0 Å². The van der Waals surface area contributed by atoms with Crippen LogP contribution in [0.25, 0.3) is 0 Å². The summed E-state index contributed by atoms with van der Waals surface area (Å²) >= 11 is 1.75. The number of esters is 1. The molecule has 1 unspecified atom stereocenters. The van der Waals surface area contributed by atoms with Crippen molar-refractivity contribution in [2.45, 2.75) is 51.5 Å². The van der Waals surface area contributed by atoms with E-state index in [9.17, 15) is 18.1 Å². The van der Waals surface area contributed by atoms with E-state index >= 15 is 0 Å². The predicted molar refractivity (Wildman–Crippen MR) is 95.8 cm³/mol. The molecule has 0 saturated heterocycles. The van der Waals surface area contributed by atoms with E-state index < -0.39 is 34.7 Å². The number of halogens is 3. The molecular weight excluding hydrogens is 420 g/mol. The molecule has 0 aromatic heterocycles. The van der Waals surface area contributed by atoms with E-state index in [-0.39, 0.29) is 24.3 Å². The Labute approximate surface area is 157 Å². The van der Waals surface area contributed by atoms with Gasteiger partial charge in [-0.15, -0.1) is 4.72 Å². The average Bonchev–Trinajstić information content (AvgIpc) is 2.45. The minimum absolute atomic E-state index is 0.0999. The molecule has 0 radical (unpaired) electrons. The van der Waals surface area contributed by atoms with Crippen molar-refractivity contribution in [3.8, 4) is 5.75 Å². The van der Waals surface area contributed by atoms with Crippen molar-refractivity contribution in [1.82, 2.24) is 4.72 Å². The fourth-order valence-corrected chi connectivity index (χ4v) is 3.39. The molecule has 2 atom stereocenters. The summed E-state index contributed by atoms with van der Waals surface area (Å²) in [6.45, 7) is 4.10. The number of benzene rings is 1. The Bertz CT molecular complexity index is 584. The van der Waals surface area contributed by atoms with Crippen LogP contribution in [0.15, 0.2) is 22.7 Å². The van der Waals surface area contributed by atoms with Crippen LogP contribution in [-0.4, -0.2) is 28.5 Å². The minimum atomic E-state index is -3.02. The Morgan fingerprint density at radius 2 is 2.04 bits per heavy atom. The molecular formula is C16H22BrF2NO4S. The van der Waals surface area contributed by atoms with Crippen molar-refractivity contribution >= 4 is 33.3 Å². The summed E-state index contributed by atoms with van der Waals surface area (Å²) in [6, 6.07) is 3.70. The third-order valence-electron chi connectivity index (χ3n) is 3.06. The Morgan fingerprint density at radius 3 is 2.56 bits per heavy atom. The van der Waals surface area contributed by atoms with Gasteiger partial charge in [0.2, 0.25) is 0 Å². The van der Waals surface area contributed by atoms with Crippen LogP contribution < -0.4 is 9.46 Å². The van der Waals surface area contributed by atoms with Gasteiger partial charge in [0, 0.05) is 21.4 Å². The first-order valence-electron chi connectivity index (χ1n) is 7.63.